The summed E-state index contributed by atoms with van der Waals surface area (Å²) >= 11 is 1.66. The number of aryl methyl sites for hydroxylation is 3. The van der Waals surface area contributed by atoms with Gasteiger partial charge in [0.05, 0.1) is 4.90 Å². The molecule has 0 unspecified atom stereocenters. The second-order valence-electron chi connectivity index (χ2n) is 6.61. The molecule has 7 heteroatoms. The van der Waals surface area contributed by atoms with Gasteiger partial charge in [-0.25, -0.2) is 8.42 Å². The molecule has 1 saturated heterocycles. The highest BCUT2D eigenvalue weighted by molar-refractivity contribution is 7.89. The van der Waals surface area contributed by atoms with Gasteiger partial charge in [-0.1, -0.05) is 12.1 Å². The third-order valence-corrected chi connectivity index (χ3v) is 7.70. The van der Waals surface area contributed by atoms with E-state index in [-0.39, 0.29) is 5.91 Å². The van der Waals surface area contributed by atoms with Crippen LogP contribution in [0, 0.1) is 13.8 Å². The van der Waals surface area contributed by atoms with Crippen LogP contribution < -0.4 is 0 Å². The molecule has 0 atom stereocenters. The topological polar surface area (TPSA) is 57.7 Å². The van der Waals surface area contributed by atoms with Gasteiger partial charge in [-0.15, -0.1) is 11.3 Å². The fourth-order valence-corrected chi connectivity index (χ4v) is 5.26. The maximum atomic E-state index is 12.8. The Kier molecular flexibility index (Phi) is 5.79. The van der Waals surface area contributed by atoms with Crippen molar-refractivity contribution in [2.24, 2.45) is 0 Å². The van der Waals surface area contributed by atoms with Crippen LogP contribution in [0.4, 0.5) is 0 Å². The Morgan fingerprint density at radius 3 is 2.42 bits per heavy atom. The van der Waals surface area contributed by atoms with Crippen LogP contribution in [-0.2, 0) is 21.2 Å². The van der Waals surface area contributed by atoms with Gasteiger partial charge in [0.25, 0.3) is 0 Å². The third kappa shape index (κ3) is 4.16. The summed E-state index contributed by atoms with van der Waals surface area (Å²) in [5.41, 5.74) is 2.04. The van der Waals surface area contributed by atoms with Crippen LogP contribution in [0.2, 0.25) is 0 Å². The van der Waals surface area contributed by atoms with Gasteiger partial charge in [-0.2, -0.15) is 4.31 Å². The number of nitrogens with zero attached hydrogens (tertiary/aromatic N) is 2. The zero-order valence-corrected chi connectivity index (χ0v) is 16.8. The number of piperazine rings is 1. The van der Waals surface area contributed by atoms with Crippen molar-refractivity contribution in [1.82, 2.24) is 9.21 Å². The molecule has 0 aliphatic carbocycles. The van der Waals surface area contributed by atoms with Crippen LogP contribution in [0.1, 0.15) is 22.4 Å². The number of carbonyl (C=O) groups excluding carboxylic acids is 1. The molecule has 1 fully saturated rings. The predicted octanol–water partition coefficient (Wildman–Crippen LogP) is 2.83. The summed E-state index contributed by atoms with van der Waals surface area (Å²) < 4.78 is 27.2. The normalized spacial score (nSPS) is 16.0. The SMILES string of the molecule is Cc1ccc(S(=O)(=O)N2CCN(C(=O)CCc3cccs3)CC2)cc1C. The molecule has 1 aliphatic rings. The standard InChI is InChI=1S/C19H24N2O3S2/c1-15-5-7-18(14-16(15)2)26(23,24)21-11-9-20(10-12-21)19(22)8-6-17-4-3-13-25-17/h3-5,7,13-14H,6,8-12H2,1-2H3. The van der Waals surface area contributed by atoms with Crippen molar-refractivity contribution in [3.63, 3.8) is 0 Å². The van der Waals surface area contributed by atoms with Crippen LogP contribution in [0.25, 0.3) is 0 Å². The van der Waals surface area contributed by atoms with Crippen LogP contribution in [0.15, 0.2) is 40.6 Å². The first-order chi connectivity index (χ1) is 12.4. The van der Waals surface area contributed by atoms with Crippen molar-refractivity contribution in [2.45, 2.75) is 31.6 Å². The molecule has 0 bridgehead atoms. The van der Waals surface area contributed by atoms with Gasteiger partial charge in [0, 0.05) is 37.5 Å². The number of sulfonamides is 1. The van der Waals surface area contributed by atoms with Crippen molar-refractivity contribution in [2.75, 3.05) is 26.2 Å². The lowest BCUT2D eigenvalue weighted by atomic mass is 10.1. The maximum absolute atomic E-state index is 12.8. The molecule has 5 nitrogen and oxygen atoms in total. The van der Waals surface area contributed by atoms with Crippen molar-refractivity contribution >= 4 is 27.3 Å². The summed E-state index contributed by atoms with van der Waals surface area (Å²) in [4.78, 5) is 15.7. The molecule has 3 rings (SSSR count). The minimum Gasteiger partial charge on any atom is -0.340 e. The molecule has 0 saturated carbocycles. The highest BCUT2D eigenvalue weighted by atomic mass is 32.2. The number of hydrogen-bond acceptors (Lipinski definition) is 4. The average molecular weight is 393 g/mol. The van der Waals surface area contributed by atoms with Crippen LogP contribution >= 0.6 is 11.3 Å². The van der Waals surface area contributed by atoms with Crippen molar-refractivity contribution in [1.29, 1.82) is 0 Å². The number of amides is 1. The molecule has 0 N–H and O–H groups in total. The molecular weight excluding hydrogens is 368 g/mol. The summed E-state index contributed by atoms with van der Waals surface area (Å²) in [6.07, 6.45) is 1.22. The van der Waals surface area contributed by atoms with Crippen molar-refractivity contribution in [3.8, 4) is 0 Å². The number of benzene rings is 1. The van der Waals surface area contributed by atoms with E-state index in [0.29, 0.717) is 37.5 Å². The van der Waals surface area contributed by atoms with Gasteiger partial charge in [-0.3, -0.25) is 4.79 Å². The lowest BCUT2D eigenvalue weighted by Crippen LogP contribution is -2.50. The smallest absolute Gasteiger partial charge is 0.243 e. The Bertz CT molecular complexity index is 868. The van der Waals surface area contributed by atoms with Crippen LogP contribution in [0.5, 0.6) is 0 Å². The van der Waals surface area contributed by atoms with E-state index in [0.717, 1.165) is 17.5 Å². The quantitative estimate of drug-likeness (QED) is 0.786. The molecule has 1 aliphatic heterocycles. The number of hydrogen-bond donors (Lipinski definition) is 0. The van der Waals surface area contributed by atoms with E-state index in [1.165, 1.54) is 9.18 Å². The fourth-order valence-electron chi connectivity index (χ4n) is 3.04. The Balaban J connectivity index is 1.58. The number of carbonyl (C=O) groups is 1. The van der Waals surface area contributed by atoms with Gasteiger partial charge in [0.1, 0.15) is 0 Å². The molecule has 140 valence electrons. The second kappa shape index (κ2) is 7.90. The highest BCUT2D eigenvalue weighted by Gasteiger charge is 2.30. The number of rotatable bonds is 5. The zero-order valence-electron chi connectivity index (χ0n) is 15.1. The van der Waals surface area contributed by atoms with Crippen LogP contribution in [-0.4, -0.2) is 49.7 Å². The largest absolute Gasteiger partial charge is 0.340 e. The Morgan fingerprint density at radius 2 is 1.81 bits per heavy atom. The first-order valence-corrected chi connectivity index (χ1v) is 11.1. The molecule has 2 heterocycles. The summed E-state index contributed by atoms with van der Waals surface area (Å²) in [5, 5.41) is 2.01. The predicted molar refractivity (Wildman–Crippen MR) is 104 cm³/mol. The summed E-state index contributed by atoms with van der Waals surface area (Å²) in [7, 11) is -3.50. The first kappa shape index (κ1) is 19.1. The molecule has 1 aromatic carbocycles. The van der Waals surface area contributed by atoms with E-state index in [1.807, 2.05) is 37.4 Å². The fraction of sp³-hybridized carbons (Fsp3) is 0.421. The lowest BCUT2D eigenvalue weighted by Gasteiger charge is -2.34. The Labute approximate surface area is 159 Å². The summed E-state index contributed by atoms with van der Waals surface area (Å²) in [6.45, 7) is 5.48. The van der Waals surface area contributed by atoms with Gasteiger partial charge in [0.2, 0.25) is 15.9 Å². The average Bonchev–Trinajstić information content (AvgIpc) is 3.15. The van der Waals surface area contributed by atoms with Crippen LogP contribution in [0.3, 0.4) is 0 Å². The van der Waals surface area contributed by atoms with E-state index in [9.17, 15) is 13.2 Å². The monoisotopic (exact) mass is 392 g/mol. The number of thiophene rings is 1. The molecule has 2 aromatic rings. The maximum Gasteiger partial charge on any atom is 0.243 e. The molecule has 0 radical (unpaired) electrons. The van der Waals surface area contributed by atoms with E-state index >= 15 is 0 Å². The van der Waals surface area contributed by atoms with E-state index < -0.39 is 10.0 Å². The van der Waals surface area contributed by atoms with Gasteiger partial charge in [-0.05, 0) is 55.0 Å². The van der Waals surface area contributed by atoms with Gasteiger partial charge >= 0.3 is 0 Å². The first-order valence-electron chi connectivity index (χ1n) is 8.75. The van der Waals surface area contributed by atoms with Gasteiger partial charge < -0.3 is 4.90 Å². The molecule has 1 aromatic heterocycles. The Morgan fingerprint density at radius 1 is 1.08 bits per heavy atom. The van der Waals surface area contributed by atoms with E-state index in [1.54, 1.807) is 28.4 Å². The summed E-state index contributed by atoms with van der Waals surface area (Å²) in [6, 6.07) is 9.25. The molecular formula is C19H24N2O3S2. The lowest BCUT2D eigenvalue weighted by molar-refractivity contribution is -0.132. The molecule has 1 amide bonds. The van der Waals surface area contributed by atoms with Crippen molar-refractivity contribution in [3.05, 3.63) is 51.7 Å². The van der Waals surface area contributed by atoms with E-state index in [4.69, 9.17) is 0 Å². The minimum atomic E-state index is -3.50. The molecule has 26 heavy (non-hydrogen) atoms. The third-order valence-electron chi connectivity index (χ3n) is 4.87. The molecule has 0 spiro atoms. The summed E-state index contributed by atoms with van der Waals surface area (Å²) in [5.74, 6) is 0.0987. The minimum absolute atomic E-state index is 0.0987. The Hall–Kier alpha value is -1.70. The zero-order chi connectivity index (χ0) is 18.7. The second-order valence-corrected chi connectivity index (χ2v) is 9.58. The highest BCUT2D eigenvalue weighted by Crippen LogP contribution is 2.21. The van der Waals surface area contributed by atoms with Crippen molar-refractivity contribution < 1.29 is 13.2 Å². The van der Waals surface area contributed by atoms with E-state index in [2.05, 4.69) is 0 Å². The van der Waals surface area contributed by atoms with Gasteiger partial charge in [0.15, 0.2) is 0 Å².